The van der Waals surface area contributed by atoms with Gasteiger partial charge in [-0.1, -0.05) is 29.8 Å². The summed E-state index contributed by atoms with van der Waals surface area (Å²) in [6.07, 6.45) is 4.80. The molecule has 7 heteroatoms. The monoisotopic (exact) mass is 483 g/mol. The summed E-state index contributed by atoms with van der Waals surface area (Å²) in [5.41, 5.74) is 2.08. The van der Waals surface area contributed by atoms with Crippen LogP contribution in [-0.2, 0) is 17.8 Å². The molecule has 3 aromatic rings. The molecule has 1 fully saturated rings. The van der Waals surface area contributed by atoms with Gasteiger partial charge in [0, 0.05) is 50.9 Å². The Morgan fingerprint density at radius 3 is 2.47 bits per heavy atom. The number of benzene rings is 2. The van der Waals surface area contributed by atoms with Crippen molar-refractivity contribution in [2.75, 3.05) is 33.4 Å². The largest absolute Gasteiger partial charge is 0.494 e. The molecule has 2 aromatic carbocycles. The molecule has 1 aliphatic rings. The number of aryl methyl sites for hydroxylation is 2. The third-order valence-electron chi connectivity index (χ3n) is 6.40. The normalized spacial score (nSPS) is 15.9. The van der Waals surface area contributed by atoms with E-state index in [1.54, 1.807) is 7.11 Å². The minimum absolute atomic E-state index is 0.259. The van der Waals surface area contributed by atoms with Gasteiger partial charge in [0.05, 0.1) is 12.3 Å². The van der Waals surface area contributed by atoms with Gasteiger partial charge in [-0.3, -0.25) is 9.58 Å². The molecule has 0 aliphatic carbocycles. The Morgan fingerprint density at radius 1 is 1.00 bits per heavy atom. The van der Waals surface area contributed by atoms with Gasteiger partial charge in [-0.15, -0.1) is 0 Å². The highest BCUT2D eigenvalue weighted by atomic mass is 35.5. The Kier molecular flexibility index (Phi) is 8.48. The Bertz CT molecular complexity index is 1030. The number of likely N-dealkylation sites (tertiary alicyclic amines) is 1. The fourth-order valence-electron chi connectivity index (χ4n) is 4.25. The molecule has 1 aliphatic heterocycles. The van der Waals surface area contributed by atoms with E-state index < -0.39 is 0 Å². The van der Waals surface area contributed by atoms with Crippen molar-refractivity contribution in [3.63, 3.8) is 0 Å². The molecule has 0 N–H and O–H groups in total. The number of hydrogen-bond donors (Lipinski definition) is 0. The quantitative estimate of drug-likeness (QED) is 0.343. The zero-order valence-corrected chi connectivity index (χ0v) is 20.8. The maximum Gasteiger partial charge on any atom is 0.120 e. The zero-order chi connectivity index (χ0) is 23.8. The first-order valence-corrected chi connectivity index (χ1v) is 12.3. The van der Waals surface area contributed by atoms with Crippen LogP contribution in [0.2, 0.25) is 5.02 Å². The van der Waals surface area contributed by atoms with E-state index in [1.165, 1.54) is 5.56 Å². The second-order valence-corrected chi connectivity index (χ2v) is 9.41. The number of piperidine rings is 1. The molecular formula is C27H34ClN3O3. The Balaban J connectivity index is 1.18. The number of hydrogen-bond acceptors (Lipinski definition) is 5. The SMILES string of the molecule is COC1(COc2cccc(Cl)c2)CCN(Cc2ccc(OCCCn3ccc(C)n3)cc2)CC1. The van der Waals surface area contributed by atoms with Gasteiger partial charge < -0.3 is 14.2 Å². The lowest BCUT2D eigenvalue weighted by molar-refractivity contribution is -0.0839. The predicted molar refractivity (Wildman–Crippen MR) is 135 cm³/mol. The Morgan fingerprint density at radius 2 is 1.79 bits per heavy atom. The van der Waals surface area contributed by atoms with Crippen molar-refractivity contribution in [1.29, 1.82) is 0 Å². The highest BCUT2D eigenvalue weighted by Gasteiger charge is 2.35. The van der Waals surface area contributed by atoms with Gasteiger partial charge in [0.1, 0.15) is 23.7 Å². The summed E-state index contributed by atoms with van der Waals surface area (Å²) in [6.45, 7) is 6.95. The van der Waals surface area contributed by atoms with Crippen LogP contribution in [0.1, 0.15) is 30.5 Å². The van der Waals surface area contributed by atoms with E-state index in [9.17, 15) is 0 Å². The molecule has 0 amide bonds. The third-order valence-corrected chi connectivity index (χ3v) is 6.64. The van der Waals surface area contributed by atoms with Crippen LogP contribution in [0.5, 0.6) is 11.5 Å². The fourth-order valence-corrected chi connectivity index (χ4v) is 4.43. The first-order chi connectivity index (χ1) is 16.5. The van der Waals surface area contributed by atoms with Crippen molar-refractivity contribution >= 4 is 11.6 Å². The van der Waals surface area contributed by atoms with Crippen LogP contribution in [0.4, 0.5) is 0 Å². The highest BCUT2D eigenvalue weighted by molar-refractivity contribution is 6.30. The fraction of sp³-hybridized carbons (Fsp3) is 0.444. The van der Waals surface area contributed by atoms with E-state index in [-0.39, 0.29) is 5.60 Å². The topological polar surface area (TPSA) is 48.8 Å². The zero-order valence-electron chi connectivity index (χ0n) is 20.1. The summed E-state index contributed by atoms with van der Waals surface area (Å²) in [7, 11) is 1.78. The molecule has 0 atom stereocenters. The molecule has 0 unspecified atom stereocenters. The lowest BCUT2D eigenvalue weighted by Gasteiger charge is -2.40. The van der Waals surface area contributed by atoms with E-state index in [0.29, 0.717) is 18.2 Å². The van der Waals surface area contributed by atoms with Crippen LogP contribution >= 0.6 is 11.6 Å². The summed E-state index contributed by atoms with van der Waals surface area (Å²) < 4.78 is 19.8. The number of aromatic nitrogens is 2. The second kappa shape index (κ2) is 11.7. The van der Waals surface area contributed by atoms with Crippen molar-refractivity contribution in [2.24, 2.45) is 0 Å². The maximum atomic E-state index is 6.07. The van der Waals surface area contributed by atoms with Crippen molar-refractivity contribution in [2.45, 2.75) is 44.9 Å². The van der Waals surface area contributed by atoms with Gasteiger partial charge in [0.2, 0.25) is 0 Å². The minimum atomic E-state index is -0.259. The number of nitrogens with zero attached hydrogens (tertiary/aromatic N) is 3. The number of rotatable bonds is 11. The van der Waals surface area contributed by atoms with Crippen molar-refractivity contribution < 1.29 is 14.2 Å². The van der Waals surface area contributed by atoms with E-state index in [1.807, 2.05) is 48.1 Å². The first kappa shape index (κ1) is 24.6. The average Bonchev–Trinajstić information content (AvgIpc) is 3.27. The average molecular weight is 484 g/mol. The molecule has 6 nitrogen and oxygen atoms in total. The van der Waals surface area contributed by atoms with Gasteiger partial charge in [-0.25, -0.2) is 0 Å². The van der Waals surface area contributed by atoms with E-state index in [0.717, 1.165) is 62.6 Å². The van der Waals surface area contributed by atoms with Crippen molar-refractivity contribution in [1.82, 2.24) is 14.7 Å². The molecule has 0 bridgehead atoms. The van der Waals surface area contributed by atoms with Crippen molar-refractivity contribution in [3.8, 4) is 11.5 Å². The molecule has 0 radical (unpaired) electrons. The summed E-state index contributed by atoms with van der Waals surface area (Å²) in [4.78, 5) is 2.47. The molecule has 2 heterocycles. The standard InChI is InChI=1S/C27H34ClN3O3/c1-22-11-15-31(29-22)14-4-18-33-25-9-7-23(8-10-25)20-30-16-12-27(32-2,13-17-30)21-34-26-6-3-5-24(28)19-26/h3,5-11,15,19H,4,12-14,16-18,20-21H2,1-2H3. The molecule has 0 saturated carbocycles. The van der Waals surface area contributed by atoms with E-state index in [4.69, 9.17) is 25.8 Å². The number of halogens is 1. The minimum Gasteiger partial charge on any atom is -0.494 e. The van der Waals surface area contributed by atoms with Gasteiger partial charge in [-0.2, -0.15) is 5.10 Å². The molecular weight excluding hydrogens is 450 g/mol. The summed E-state index contributed by atoms with van der Waals surface area (Å²) in [6, 6.07) is 18.0. The van der Waals surface area contributed by atoms with Crippen LogP contribution < -0.4 is 9.47 Å². The van der Waals surface area contributed by atoms with Crippen LogP contribution in [-0.4, -0.2) is 53.7 Å². The molecule has 0 spiro atoms. The lowest BCUT2D eigenvalue weighted by Crippen LogP contribution is -2.48. The molecule has 34 heavy (non-hydrogen) atoms. The molecule has 1 saturated heterocycles. The summed E-state index contributed by atoms with van der Waals surface area (Å²) in [5.74, 6) is 1.70. The highest BCUT2D eigenvalue weighted by Crippen LogP contribution is 2.29. The second-order valence-electron chi connectivity index (χ2n) is 8.98. The lowest BCUT2D eigenvalue weighted by atomic mass is 9.91. The van der Waals surface area contributed by atoms with Gasteiger partial charge in [0.25, 0.3) is 0 Å². The van der Waals surface area contributed by atoms with Crippen LogP contribution in [0, 0.1) is 6.92 Å². The third kappa shape index (κ3) is 6.98. The van der Waals surface area contributed by atoms with Crippen LogP contribution in [0.25, 0.3) is 0 Å². The van der Waals surface area contributed by atoms with Crippen molar-refractivity contribution in [3.05, 3.63) is 77.1 Å². The Labute approximate surface area is 207 Å². The van der Waals surface area contributed by atoms with Gasteiger partial charge >= 0.3 is 0 Å². The molecule has 182 valence electrons. The van der Waals surface area contributed by atoms with Crippen LogP contribution in [0.3, 0.4) is 0 Å². The van der Waals surface area contributed by atoms with E-state index in [2.05, 4.69) is 34.3 Å². The maximum absolute atomic E-state index is 6.07. The first-order valence-electron chi connectivity index (χ1n) is 11.9. The summed E-state index contributed by atoms with van der Waals surface area (Å²) in [5, 5.41) is 5.08. The summed E-state index contributed by atoms with van der Waals surface area (Å²) >= 11 is 6.07. The van der Waals surface area contributed by atoms with Gasteiger partial charge in [0.15, 0.2) is 0 Å². The predicted octanol–water partition coefficient (Wildman–Crippen LogP) is 5.37. The van der Waals surface area contributed by atoms with Crippen LogP contribution in [0.15, 0.2) is 60.8 Å². The number of methoxy groups -OCH3 is 1. The van der Waals surface area contributed by atoms with Gasteiger partial charge in [-0.05, 0) is 61.7 Å². The smallest absolute Gasteiger partial charge is 0.120 e. The molecule has 1 aromatic heterocycles. The van der Waals surface area contributed by atoms with E-state index >= 15 is 0 Å². The number of ether oxygens (including phenoxy) is 3. The molecule has 4 rings (SSSR count). The Hall–Kier alpha value is -2.54.